The van der Waals surface area contributed by atoms with Gasteiger partial charge in [0.25, 0.3) is 0 Å². The highest BCUT2D eigenvalue weighted by Crippen LogP contribution is 2.24. The maximum Gasteiger partial charge on any atom is 0.189 e. The van der Waals surface area contributed by atoms with Gasteiger partial charge in [0, 0.05) is 12.2 Å². The summed E-state index contributed by atoms with van der Waals surface area (Å²) < 4.78 is 10.4. The van der Waals surface area contributed by atoms with Crippen molar-refractivity contribution in [3.05, 3.63) is 29.8 Å². The van der Waals surface area contributed by atoms with Crippen molar-refractivity contribution in [2.75, 3.05) is 13.4 Å². The molecule has 1 atom stereocenters. The molecule has 78 valence electrons. The van der Waals surface area contributed by atoms with Crippen LogP contribution in [0.5, 0.6) is 5.75 Å². The topological polar surface area (TPSA) is 38.7 Å². The van der Waals surface area contributed by atoms with E-state index in [0.29, 0.717) is 12.4 Å². The highest BCUT2D eigenvalue weighted by Gasteiger charge is 2.07. The number of para-hydroxylation sites is 1. The molecule has 0 aromatic heterocycles. The molecule has 0 heterocycles. The summed E-state index contributed by atoms with van der Waals surface area (Å²) in [5.74, 6) is 0.677. The minimum atomic E-state index is -0.521. The standard InChI is InChI=1S/C11H16O3/c1-3-13-8-14-11-7-5-4-6-10(11)9(2)12/h4-7,9,12H,3,8H2,1-2H3/t9-/m0/s1. The lowest BCUT2D eigenvalue weighted by atomic mass is 10.1. The van der Waals surface area contributed by atoms with Crippen LogP contribution < -0.4 is 4.74 Å². The maximum absolute atomic E-state index is 9.44. The third-order valence-electron chi connectivity index (χ3n) is 1.87. The Balaban J connectivity index is 2.64. The molecule has 0 spiro atoms. The molecule has 1 aromatic carbocycles. The zero-order chi connectivity index (χ0) is 10.4. The van der Waals surface area contributed by atoms with Gasteiger partial charge in [-0.15, -0.1) is 0 Å². The molecule has 0 aliphatic carbocycles. The van der Waals surface area contributed by atoms with E-state index >= 15 is 0 Å². The van der Waals surface area contributed by atoms with Gasteiger partial charge in [0.1, 0.15) is 5.75 Å². The van der Waals surface area contributed by atoms with Crippen LogP contribution in [0.2, 0.25) is 0 Å². The lowest BCUT2D eigenvalue weighted by Crippen LogP contribution is -2.05. The van der Waals surface area contributed by atoms with Crippen LogP contribution in [0.25, 0.3) is 0 Å². The third kappa shape index (κ3) is 3.01. The monoisotopic (exact) mass is 196 g/mol. The van der Waals surface area contributed by atoms with Gasteiger partial charge in [0.05, 0.1) is 6.10 Å². The van der Waals surface area contributed by atoms with E-state index < -0.39 is 6.10 Å². The van der Waals surface area contributed by atoms with Gasteiger partial charge < -0.3 is 14.6 Å². The summed E-state index contributed by atoms with van der Waals surface area (Å²) in [4.78, 5) is 0. The number of hydrogen-bond acceptors (Lipinski definition) is 3. The molecule has 0 unspecified atom stereocenters. The molecule has 0 fully saturated rings. The number of benzene rings is 1. The molecule has 1 N–H and O–H groups in total. The van der Waals surface area contributed by atoms with Crippen molar-refractivity contribution in [1.29, 1.82) is 0 Å². The Morgan fingerprint density at radius 2 is 2.07 bits per heavy atom. The minimum absolute atomic E-state index is 0.222. The SMILES string of the molecule is CCOCOc1ccccc1[C@H](C)O. The Hall–Kier alpha value is -1.06. The number of aliphatic hydroxyl groups excluding tert-OH is 1. The molecule has 1 rings (SSSR count). The second kappa shape index (κ2) is 5.62. The van der Waals surface area contributed by atoms with E-state index in [-0.39, 0.29) is 6.79 Å². The van der Waals surface area contributed by atoms with E-state index in [1.807, 2.05) is 31.2 Å². The Morgan fingerprint density at radius 3 is 2.71 bits per heavy atom. The fourth-order valence-electron chi connectivity index (χ4n) is 1.15. The summed E-state index contributed by atoms with van der Waals surface area (Å²) >= 11 is 0. The van der Waals surface area contributed by atoms with E-state index in [0.717, 1.165) is 5.56 Å². The fraction of sp³-hybridized carbons (Fsp3) is 0.455. The van der Waals surface area contributed by atoms with E-state index in [1.54, 1.807) is 6.92 Å². The van der Waals surface area contributed by atoms with Crippen LogP contribution in [0.3, 0.4) is 0 Å². The van der Waals surface area contributed by atoms with Crippen LogP contribution in [-0.2, 0) is 4.74 Å². The predicted octanol–water partition coefficient (Wildman–Crippen LogP) is 2.11. The fourth-order valence-corrected chi connectivity index (χ4v) is 1.15. The first-order valence-corrected chi connectivity index (χ1v) is 4.73. The number of ether oxygens (including phenoxy) is 2. The Kier molecular flexibility index (Phi) is 4.43. The Bertz CT molecular complexity index is 271. The number of hydrogen-bond donors (Lipinski definition) is 1. The van der Waals surface area contributed by atoms with E-state index in [2.05, 4.69) is 0 Å². The lowest BCUT2D eigenvalue weighted by molar-refractivity contribution is 0.0205. The molecule has 1 aromatic rings. The largest absolute Gasteiger partial charge is 0.467 e. The average molecular weight is 196 g/mol. The Labute approximate surface area is 84.3 Å². The molecule has 0 saturated heterocycles. The molecular formula is C11H16O3. The van der Waals surface area contributed by atoms with Gasteiger partial charge >= 0.3 is 0 Å². The van der Waals surface area contributed by atoms with Crippen molar-refractivity contribution in [3.8, 4) is 5.75 Å². The highest BCUT2D eigenvalue weighted by atomic mass is 16.7. The van der Waals surface area contributed by atoms with Gasteiger partial charge in [0.15, 0.2) is 6.79 Å². The summed E-state index contributed by atoms with van der Waals surface area (Å²) in [5, 5.41) is 9.44. The van der Waals surface area contributed by atoms with Gasteiger partial charge in [-0.05, 0) is 19.9 Å². The predicted molar refractivity (Wildman–Crippen MR) is 54.2 cm³/mol. The van der Waals surface area contributed by atoms with Crippen LogP contribution in [0.15, 0.2) is 24.3 Å². The number of rotatable bonds is 5. The van der Waals surface area contributed by atoms with Crippen molar-refractivity contribution < 1.29 is 14.6 Å². The Morgan fingerprint density at radius 1 is 1.36 bits per heavy atom. The smallest absolute Gasteiger partial charge is 0.189 e. The highest BCUT2D eigenvalue weighted by molar-refractivity contribution is 5.34. The zero-order valence-electron chi connectivity index (χ0n) is 8.56. The molecule has 0 radical (unpaired) electrons. The first-order chi connectivity index (χ1) is 6.75. The van der Waals surface area contributed by atoms with Crippen molar-refractivity contribution in [2.24, 2.45) is 0 Å². The molecular weight excluding hydrogens is 180 g/mol. The van der Waals surface area contributed by atoms with Gasteiger partial charge in [-0.25, -0.2) is 0 Å². The molecule has 3 nitrogen and oxygen atoms in total. The molecule has 0 aliphatic heterocycles. The second-order valence-electron chi connectivity index (χ2n) is 2.97. The molecule has 0 bridgehead atoms. The van der Waals surface area contributed by atoms with Crippen molar-refractivity contribution >= 4 is 0 Å². The van der Waals surface area contributed by atoms with Gasteiger partial charge in [-0.2, -0.15) is 0 Å². The van der Waals surface area contributed by atoms with Crippen LogP contribution >= 0.6 is 0 Å². The summed E-state index contributed by atoms with van der Waals surface area (Å²) in [7, 11) is 0. The van der Waals surface area contributed by atoms with Crippen LogP contribution in [0, 0.1) is 0 Å². The maximum atomic E-state index is 9.44. The van der Waals surface area contributed by atoms with Gasteiger partial charge in [-0.3, -0.25) is 0 Å². The third-order valence-corrected chi connectivity index (χ3v) is 1.87. The van der Waals surface area contributed by atoms with Crippen LogP contribution in [0.1, 0.15) is 25.5 Å². The van der Waals surface area contributed by atoms with Gasteiger partial charge in [-0.1, -0.05) is 18.2 Å². The van der Waals surface area contributed by atoms with Crippen LogP contribution in [-0.4, -0.2) is 18.5 Å². The number of aliphatic hydroxyl groups is 1. The minimum Gasteiger partial charge on any atom is -0.467 e. The first-order valence-electron chi connectivity index (χ1n) is 4.73. The lowest BCUT2D eigenvalue weighted by Gasteiger charge is -2.12. The quantitative estimate of drug-likeness (QED) is 0.579. The summed E-state index contributed by atoms with van der Waals surface area (Å²) in [5.41, 5.74) is 0.784. The van der Waals surface area contributed by atoms with Gasteiger partial charge in [0.2, 0.25) is 0 Å². The average Bonchev–Trinajstić information content (AvgIpc) is 2.19. The van der Waals surface area contributed by atoms with E-state index in [4.69, 9.17) is 9.47 Å². The summed E-state index contributed by atoms with van der Waals surface area (Å²) in [6.45, 7) is 4.46. The summed E-state index contributed by atoms with van der Waals surface area (Å²) in [6.07, 6.45) is -0.521. The van der Waals surface area contributed by atoms with Crippen molar-refractivity contribution in [3.63, 3.8) is 0 Å². The first kappa shape index (κ1) is 11.0. The molecule has 0 amide bonds. The van der Waals surface area contributed by atoms with Crippen LogP contribution in [0.4, 0.5) is 0 Å². The van der Waals surface area contributed by atoms with Crippen molar-refractivity contribution in [1.82, 2.24) is 0 Å². The second-order valence-corrected chi connectivity index (χ2v) is 2.97. The zero-order valence-corrected chi connectivity index (χ0v) is 8.56. The summed E-state index contributed by atoms with van der Waals surface area (Å²) in [6, 6.07) is 7.40. The normalized spacial score (nSPS) is 12.5. The molecule has 14 heavy (non-hydrogen) atoms. The molecule has 0 saturated carbocycles. The van der Waals surface area contributed by atoms with E-state index in [9.17, 15) is 5.11 Å². The van der Waals surface area contributed by atoms with Crippen molar-refractivity contribution in [2.45, 2.75) is 20.0 Å². The molecule has 3 heteroatoms. The van der Waals surface area contributed by atoms with E-state index in [1.165, 1.54) is 0 Å². The molecule has 0 aliphatic rings.